The Labute approximate surface area is 188 Å². The minimum absolute atomic E-state index is 0.339. The lowest BCUT2D eigenvalue weighted by Crippen LogP contribution is -2.16. The summed E-state index contributed by atoms with van der Waals surface area (Å²) in [5, 5.41) is 1.10. The van der Waals surface area contributed by atoms with Crippen LogP contribution in [0.1, 0.15) is 34.6 Å². The van der Waals surface area contributed by atoms with E-state index in [1.807, 2.05) is 74.6 Å². The van der Waals surface area contributed by atoms with E-state index in [-0.39, 0.29) is 0 Å². The van der Waals surface area contributed by atoms with E-state index in [2.05, 4.69) is 22.5 Å². The zero-order valence-electron chi connectivity index (χ0n) is 18.5. The number of hydrogen-bond donors (Lipinski definition) is 1. The molecule has 5 rings (SSSR count). The van der Waals surface area contributed by atoms with Gasteiger partial charge in [-0.25, -0.2) is 8.42 Å². The van der Waals surface area contributed by atoms with Crippen LogP contribution in [-0.2, 0) is 16.4 Å². The lowest BCUT2D eigenvalue weighted by molar-refractivity contribution is 0.589. The van der Waals surface area contributed by atoms with E-state index in [4.69, 9.17) is 0 Å². The van der Waals surface area contributed by atoms with E-state index >= 15 is 0 Å². The number of rotatable bonds is 5. The van der Waals surface area contributed by atoms with Crippen molar-refractivity contribution in [2.24, 2.45) is 0 Å². The van der Waals surface area contributed by atoms with Crippen LogP contribution >= 0.6 is 0 Å². The number of benzene rings is 3. The summed E-state index contributed by atoms with van der Waals surface area (Å²) in [5.74, 6) is 0. The van der Waals surface area contributed by atoms with Crippen LogP contribution in [0.5, 0.6) is 0 Å². The molecule has 5 heteroatoms. The van der Waals surface area contributed by atoms with Gasteiger partial charge in [0.05, 0.1) is 4.90 Å². The van der Waals surface area contributed by atoms with Gasteiger partial charge in [-0.05, 0) is 45.0 Å². The Hall–Kier alpha value is -3.31. The van der Waals surface area contributed by atoms with Crippen molar-refractivity contribution in [1.82, 2.24) is 9.55 Å². The van der Waals surface area contributed by atoms with Gasteiger partial charge in [0.15, 0.2) is 9.84 Å². The second kappa shape index (κ2) is 7.68. The number of aryl methyl sites for hydroxylation is 2. The molecule has 0 saturated carbocycles. The molecule has 32 heavy (non-hydrogen) atoms. The lowest BCUT2D eigenvalue weighted by Gasteiger charge is -2.19. The van der Waals surface area contributed by atoms with Gasteiger partial charge in [-0.2, -0.15) is 0 Å². The molecule has 0 aliphatic heterocycles. The average molecular weight is 443 g/mol. The number of H-pyrrole nitrogens is 1. The molecule has 162 valence electrons. The summed E-state index contributed by atoms with van der Waals surface area (Å²) in [7, 11) is -3.73. The molecule has 0 aliphatic carbocycles. The molecule has 1 atom stereocenters. The smallest absolute Gasteiger partial charge is 0.189 e. The first-order valence-corrected chi connectivity index (χ1v) is 12.4. The van der Waals surface area contributed by atoms with Crippen LogP contribution in [0.4, 0.5) is 0 Å². The molecule has 0 aliphatic rings. The van der Waals surface area contributed by atoms with Gasteiger partial charge in [0.25, 0.3) is 0 Å². The number of hydrogen-bond acceptors (Lipinski definition) is 2. The molecule has 0 bridgehead atoms. The first-order chi connectivity index (χ1) is 15.4. The maximum atomic E-state index is 14.3. The van der Waals surface area contributed by atoms with E-state index in [1.54, 1.807) is 12.1 Å². The number of fused-ring (bicyclic) bond motifs is 2. The third-order valence-corrected chi connectivity index (χ3v) is 8.46. The topological polar surface area (TPSA) is 54.9 Å². The van der Waals surface area contributed by atoms with Gasteiger partial charge >= 0.3 is 0 Å². The SMILES string of the molecule is CCn1c(C)c(C(c2c[nH]c3ccccc23)S(=O)(=O)c2ccc(C)cc2)c2ccccc21. The van der Waals surface area contributed by atoms with E-state index < -0.39 is 15.1 Å². The fourth-order valence-corrected chi connectivity index (χ4v) is 6.77. The summed E-state index contributed by atoms with van der Waals surface area (Å²) in [6.07, 6.45) is 1.86. The van der Waals surface area contributed by atoms with Crippen LogP contribution in [0.3, 0.4) is 0 Å². The van der Waals surface area contributed by atoms with Crippen LogP contribution in [0.2, 0.25) is 0 Å². The van der Waals surface area contributed by atoms with E-state index in [0.717, 1.165) is 50.7 Å². The highest BCUT2D eigenvalue weighted by Crippen LogP contribution is 2.43. The van der Waals surface area contributed by atoms with Crippen molar-refractivity contribution in [3.63, 3.8) is 0 Å². The van der Waals surface area contributed by atoms with E-state index in [9.17, 15) is 8.42 Å². The van der Waals surface area contributed by atoms with Gasteiger partial charge < -0.3 is 9.55 Å². The summed E-state index contributed by atoms with van der Waals surface area (Å²) in [6, 6.07) is 23.2. The molecule has 4 nitrogen and oxygen atoms in total. The zero-order chi connectivity index (χ0) is 22.5. The van der Waals surface area contributed by atoms with Gasteiger partial charge in [0, 0.05) is 51.4 Å². The monoisotopic (exact) mass is 442 g/mol. The normalized spacial score (nSPS) is 13.1. The summed E-state index contributed by atoms with van der Waals surface area (Å²) in [6.45, 7) is 6.87. The first-order valence-electron chi connectivity index (χ1n) is 10.9. The van der Waals surface area contributed by atoms with Crippen LogP contribution in [0.15, 0.2) is 83.9 Å². The van der Waals surface area contributed by atoms with Crippen LogP contribution in [0.25, 0.3) is 21.8 Å². The first kappa shape index (κ1) is 20.6. The Morgan fingerprint density at radius 2 is 1.53 bits per heavy atom. The number of aromatic nitrogens is 2. The molecule has 0 saturated heterocycles. The number of sulfone groups is 1. The third kappa shape index (κ3) is 3.07. The second-order valence-electron chi connectivity index (χ2n) is 8.29. The largest absolute Gasteiger partial charge is 0.361 e. The maximum absolute atomic E-state index is 14.3. The highest BCUT2D eigenvalue weighted by atomic mass is 32.2. The second-order valence-corrected chi connectivity index (χ2v) is 10.3. The Balaban J connectivity index is 1.88. The van der Waals surface area contributed by atoms with Crippen molar-refractivity contribution in [1.29, 1.82) is 0 Å². The van der Waals surface area contributed by atoms with Crippen LogP contribution in [0, 0.1) is 13.8 Å². The molecular formula is C27H26N2O2S. The Morgan fingerprint density at radius 1 is 0.875 bits per heavy atom. The Bertz CT molecular complexity index is 1540. The van der Waals surface area contributed by atoms with Gasteiger partial charge in [-0.3, -0.25) is 0 Å². The molecule has 5 aromatic rings. The third-order valence-electron chi connectivity index (χ3n) is 6.42. The molecule has 3 aromatic carbocycles. The van der Waals surface area contributed by atoms with Crippen molar-refractivity contribution >= 4 is 31.6 Å². The fourth-order valence-electron chi connectivity index (χ4n) is 4.85. The van der Waals surface area contributed by atoms with Gasteiger partial charge in [0.1, 0.15) is 5.25 Å². The minimum atomic E-state index is -3.73. The number of nitrogens with zero attached hydrogens (tertiary/aromatic N) is 1. The van der Waals surface area contributed by atoms with E-state index in [0.29, 0.717) is 4.90 Å². The Morgan fingerprint density at radius 3 is 2.25 bits per heavy atom. The summed E-state index contributed by atoms with van der Waals surface area (Å²) >= 11 is 0. The van der Waals surface area contributed by atoms with Gasteiger partial charge in [-0.15, -0.1) is 0 Å². The lowest BCUT2D eigenvalue weighted by atomic mass is 10.0. The number of para-hydroxylation sites is 2. The molecule has 2 aromatic heterocycles. The molecule has 0 fully saturated rings. The molecule has 2 heterocycles. The summed E-state index contributed by atoms with van der Waals surface area (Å²) in [5.41, 5.74) is 5.65. The van der Waals surface area contributed by atoms with E-state index in [1.165, 1.54) is 0 Å². The predicted molar refractivity (Wildman–Crippen MR) is 131 cm³/mol. The summed E-state index contributed by atoms with van der Waals surface area (Å²) < 4.78 is 30.7. The highest BCUT2D eigenvalue weighted by molar-refractivity contribution is 7.92. The quantitative estimate of drug-likeness (QED) is 0.346. The molecule has 1 N–H and O–H groups in total. The standard InChI is InChI=1S/C27H26N2O2S/c1-4-29-19(3)26(22-10-6-8-12-25(22)29)27(23-17-28-24-11-7-5-9-21(23)24)32(30,31)20-15-13-18(2)14-16-20/h5-17,27-28H,4H2,1-3H3. The molecule has 0 spiro atoms. The number of aromatic amines is 1. The minimum Gasteiger partial charge on any atom is -0.361 e. The van der Waals surface area contributed by atoms with Crippen LogP contribution < -0.4 is 0 Å². The fraction of sp³-hybridized carbons (Fsp3) is 0.185. The van der Waals surface area contributed by atoms with Crippen molar-refractivity contribution in [2.45, 2.75) is 37.5 Å². The zero-order valence-corrected chi connectivity index (χ0v) is 19.3. The molecule has 0 amide bonds. The predicted octanol–water partition coefficient (Wildman–Crippen LogP) is 6.32. The number of nitrogens with one attached hydrogen (secondary N) is 1. The van der Waals surface area contributed by atoms with Crippen molar-refractivity contribution in [3.05, 3.63) is 101 Å². The maximum Gasteiger partial charge on any atom is 0.189 e. The summed E-state index contributed by atoms with van der Waals surface area (Å²) in [4.78, 5) is 3.63. The molecule has 1 unspecified atom stereocenters. The Kier molecular flexibility index (Phi) is 4.94. The highest BCUT2D eigenvalue weighted by Gasteiger charge is 2.36. The average Bonchev–Trinajstić information content (AvgIpc) is 3.33. The van der Waals surface area contributed by atoms with Gasteiger partial charge in [-0.1, -0.05) is 54.1 Å². The molecular weight excluding hydrogens is 416 g/mol. The van der Waals surface area contributed by atoms with Gasteiger partial charge in [0.2, 0.25) is 0 Å². The van der Waals surface area contributed by atoms with Crippen molar-refractivity contribution in [2.75, 3.05) is 0 Å². The molecule has 0 radical (unpaired) electrons. The van der Waals surface area contributed by atoms with Crippen molar-refractivity contribution < 1.29 is 8.42 Å². The van der Waals surface area contributed by atoms with Crippen molar-refractivity contribution in [3.8, 4) is 0 Å². The van der Waals surface area contributed by atoms with Crippen LogP contribution in [-0.4, -0.2) is 18.0 Å².